The minimum absolute atomic E-state index is 0.0202. The quantitative estimate of drug-likeness (QED) is 0.165. The van der Waals surface area contributed by atoms with E-state index in [1.54, 1.807) is 11.9 Å². The molecule has 0 spiro atoms. The fourth-order valence-corrected chi connectivity index (χ4v) is 4.05. The fourth-order valence-electron chi connectivity index (χ4n) is 4.05. The van der Waals surface area contributed by atoms with Gasteiger partial charge in [-0.3, -0.25) is 10.1 Å². The molecule has 4 rings (SSSR count). The summed E-state index contributed by atoms with van der Waals surface area (Å²) in [6.07, 6.45) is -3.29. The van der Waals surface area contributed by atoms with Gasteiger partial charge in [0.15, 0.2) is 5.82 Å². The number of fused-ring (bicyclic) bond motifs is 1. The van der Waals surface area contributed by atoms with Crippen LogP contribution in [0, 0.1) is 15.9 Å². The number of rotatable bonds is 10. The highest BCUT2D eigenvalue weighted by Crippen LogP contribution is 2.39. The van der Waals surface area contributed by atoms with Crippen molar-refractivity contribution >= 4 is 34.0 Å². The molecule has 40 heavy (non-hydrogen) atoms. The largest absolute Gasteiger partial charge is 0.494 e. The van der Waals surface area contributed by atoms with Gasteiger partial charge < -0.3 is 24.4 Å². The molecular formula is C25H26F4N8O3. The lowest BCUT2D eigenvalue weighted by atomic mass is 10.2. The molecule has 0 saturated heterocycles. The van der Waals surface area contributed by atoms with Gasteiger partial charge in [-0.25, -0.2) is 19.3 Å². The van der Waals surface area contributed by atoms with E-state index in [0.29, 0.717) is 18.8 Å². The van der Waals surface area contributed by atoms with Gasteiger partial charge in [0.05, 0.1) is 28.8 Å². The van der Waals surface area contributed by atoms with Crippen LogP contribution in [0.1, 0.15) is 0 Å². The van der Waals surface area contributed by atoms with E-state index >= 15 is 0 Å². The van der Waals surface area contributed by atoms with E-state index in [1.165, 1.54) is 37.6 Å². The maximum atomic E-state index is 13.8. The van der Waals surface area contributed by atoms with Crippen molar-refractivity contribution in [3.05, 3.63) is 58.5 Å². The number of hydrogen-bond acceptors (Lipinski definition) is 9. The molecule has 0 unspecified atom stereocenters. The first-order chi connectivity index (χ1) is 18.9. The topological polar surface area (TPSA) is 114 Å². The first kappa shape index (κ1) is 28.5. The number of nitrogens with zero attached hydrogens (tertiary/aromatic N) is 7. The number of ether oxygens (including phenoxy) is 1. The number of nitro benzene ring substituents is 1. The Morgan fingerprint density at radius 2 is 1.85 bits per heavy atom. The lowest BCUT2D eigenvalue weighted by Gasteiger charge is -2.22. The van der Waals surface area contributed by atoms with E-state index in [9.17, 15) is 27.7 Å². The number of aromatic nitrogens is 4. The lowest BCUT2D eigenvalue weighted by Crippen LogP contribution is -2.28. The monoisotopic (exact) mass is 562 g/mol. The molecule has 2 heterocycles. The highest BCUT2D eigenvalue weighted by molar-refractivity contribution is 5.81. The summed E-state index contributed by atoms with van der Waals surface area (Å²) >= 11 is 0. The van der Waals surface area contributed by atoms with Crippen molar-refractivity contribution in [2.24, 2.45) is 0 Å². The fraction of sp³-hybridized carbons (Fsp3) is 0.320. The average Bonchev–Trinajstić information content (AvgIpc) is 3.22. The van der Waals surface area contributed by atoms with Crippen LogP contribution in [0.3, 0.4) is 0 Å². The van der Waals surface area contributed by atoms with Crippen LogP contribution in [-0.4, -0.2) is 76.9 Å². The van der Waals surface area contributed by atoms with Crippen molar-refractivity contribution in [3.63, 3.8) is 0 Å². The van der Waals surface area contributed by atoms with E-state index in [-0.39, 0.29) is 45.6 Å². The normalized spacial score (nSPS) is 11.7. The zero-order valence-electron chi connectivity index (χ0n) is 22.0. The number of halogens is 4. The Labute approximate surface area is 226 Å². The van der Waals surface area contributed by atoms with Crippen molar-refractivity contribution < 1.29 is 27.2 Å². The SMILES string of the molecule is COc1cc(N(C)CCN(C)C)c([N+](=O)[O-])cc1Nc1nccc(-c2nc3cc(F)ccc3n2CC(F)(F)F)n1. The second kappa shape index (κ2) is 11.3. The van der Waals surface area contributed by atoms with Crippen molar-refractivity contribution in [2.75, 3.05) is 51.6 Å². The summed E-state index contributed by atoms with van der Waals surface area (Å²) in [5, 5.41) is 14.8. The van der Waals surface area contributed by atoms with Crippen LogP contribution < -0.4 is 15.0 Å². The summed E-state index contributed by atoms with van der Waals surface area (Å²) in [5.74, 6) is -0.619. The van der Waals surface area contributed by atoms with Crippen LogP contribution in [0.5, 0.6) is 5.75 Å². The zero-order valence-corrected chi connectivity index (χ0v) is 22.0. The summed E-state index contributed by atoms with van der Waals surface area (Å²) in [5.41, 5.74) is 0.423. The third-order valence-electron chi connectivity index (χ3n) is 5.97. The Balaban J connectivity index is 1.74. The number of hydrogen-bond donors (Lipinski definition) is 1. The number of methoxy groups -OCH3 is 1. The van der Waals surface area contributed by atoms with Gasteiger partial charge in [-0.15, -0.1) is 0 Å². The van der Waals surface area contributed by atoms with Gasteiger partial charge in [-0.1, -0.05) is 0 Å². The molecule has 0 aliphatic heterocycles. The van der Waals surface area contributed by atoms with Crippen molar-refractivity contribution in [1.82, 2.24) is 24.4 Å². The van der Waals surface area contributed by atoms with Gasteiger partial charge in [-0.2, -0.15) is 13.2 Å². The molecule has 0 saturated carbocycles. The number of imidazole rings is 1. The smallest absolute Gasteiger partial charge is 0.406 e. The summed E-state index contributed by atoms with van der Waals surface area (Å²) in [4.78, 5) is 27.6. The average molecular weight is 563 g/mol. The predicted molar refractivity (Wildman–Crippen MR) is 142 cm³/mol. The third kappa shape index (κ3) is 6.36. The number of anilines is 3. The van der Waals surface area contributed by atoms with Crippen molar-refractivity contribution in [2.45, 2.75) is 12.7 Å². The lowest BCUT2D eigenvalue weighted by molar-refractivity contribution is -0.384. The van der Waals surface area contributed by atoms with Gasteiger partial charge in [-0.05, 0) is 32.3 Å². The molecule has 0 fully saturated rings. The second-order valence-corrected chi connectivity index (χ2v) is 9.18. The van der Waals surface area contributed by atoms with Gasteiger partial charge in [0.1, 0.15) is 29.5 Å². The van der Waals surface area contributed by atoms with Gasteiger partial charge in [0.25, 0.3) is 5.69 Å². The second-order valence-electron chi connectivity index (χ2n) is 9.18. The molecule has 15 heteroatoms. The Morgan fingerprint density at radius 1 is 1.10 bits per heavy atom. The van der Waals surface area contributed by atoms with Gasteiger partial charge in [0.2, 0.25) is 5.95 Å². The maximum absolute atomic E-state index is 13.8. The minimum atomic E-state index is -4.58. The standard InChI is InChI=1S/C25H26F4N8O3/c1-34(2)9-10-35(3)20-13-22(40-4)18(12-21(20)37(38)39)33-24-30-8-7-16(32-24)23-31-17-11-15(26)5-6-19(17)36(23)14-25(27,28)29/h5-8,11-13H,9-10,14H2,1-4H3,(H,30,32,33). The predicted octanol–water partition coefficient (Wildman–Crippen LogP) is 4.85. The third-order valence-corrected chi connectivity index (χ3v) is 5.97. The summed E-state index contributed by atoms with van der Waals surface area (Å²) in [6, 6.07) is 7.45. The molecule has 0 atom stereocenters. The highest BCUT2D eigenvalue weighted by atomic mass is 19.4. The van der Waals surface area contributed by atoms with E-state index in [0.717, 1.165) is 16.7 Å². The minimum Gasteiger partial charge on any atom is -0.494 e. The first-order valence-electron chi connectivity index (χ1n) is 11.9. The Bertz CT molecular complexity index is 1540. The van der Waals surface area contributed by atoms with E-state index in [2.05, 4.69) is 20.3 Å². The molecule has 0 aliphatic rings. The summed E-state index contributed by atoms with van der Waals surface area (Å²) in [6.45, 7) is -0.208. The van der Waals surface area contributed by atoms with Crippen LogP contribution in [0.25, 0.3) is 22.6 Å². The molecule has 4 aromatic rings. The zero-order chi connectivity index (χ0) is 29.2. The van der Waals surface area contributed by atoms with E-state index in [4.69, 9.17) is 4.74 Å². The molecule has 0 amide bonds. The number of alkyl halides is 3. The maximum Gasteiger partial charge on any atom is 0.406 e. The molecule has 0 radical (unpaired) electrons. The Morgan fingerprint density at radius 3 is 2.50 bits per heavy atom. The molecule has 11 nitrogen and oxygen atoms in total. The van der Waals surface area contributed by atoms with Crippen molar-refractivity contribution in [3.8, 4) is 17.3 Å². The van der Waals surface area contributed by atoms with Crippen LogP contribution in [0.2, 0.25) is 0 Å². The number of likely N-dealkylation sites (N-methyl/N-ethyl adjacent to an activating group) is 2. The van der Waals surface area contributed by atoms with Crippen molar-refractivity contribution in [1.29, 1.82) is 0 Å². The highest BCUT2D eigenvalue weighted by Gasteiger charge is 2.31. The van der Waals surface area contributed by atoms with E-state index < -0.39 is 23.5 Å². The Kier molecular flexibility index (Phi) is 8.04. The van der Waals surface area contributed by atoms with Gasteiger partial charge >= 0.3 is 6.18 Å². The molecule has 212 valence electrons. The van der Waals surface area contributed by atoms with Crippen LogP contribution in [0.15, 0.2) is 42.6 Å². The van der Waals surface area contributed by atoms with Crippen LogP contribution in [-0.2, 0) is 6.54 Å². The summed E-state index contributed by atoms with van der Waals surface area (Å²) in [7, 11) is 6.90. The molecular weight excluding hydrogens is 536 g/mol. The summed E-state index contributed by atoms with van der Waals surface area (Å²) < 4.78 is 60.3. The molecule has 0 aliphatic carbocycles. The molecule has 2 aromatic carbocycles. The van der Waals surface area contributed by atoms with Gasteiger partial charge in [0, 0.05) is 44.5 Å². The number of benzene rings is 2. The Hall–Kier alpha value is -4.53. The van der Waals surface area contributed by atoms with Crippen LogP contribution >= 0.6 is 0 Å². The molecule has 2 aromatic heterocycles. The van der Waals surface area contributed by atoms with Crippen LogP contribution in [0.4, 0.5) is 40.6 Å². The van der Waals surface area contributed by atoms with E-state index in [1.807, 2.05) is 19.0 Å². The molecule has 0 bridgehead atoms. The number of nitro groups is 1. The first-order valence-corrected chi connectivity index (χ1v) is 11.9. The molecule has 1 N–H and O–H groups in total. The number of nitrogens with one attached hydrogen (secondary N) is 1.